The van der Waals surface area contributed by atoms with Crippen LogP contribution in [-0.4, -0.2) is 9.97 Å². The van der Waals surface area contributed by atoms with E-state index in [0.717, 1.165) is 11.7 Å². The van der Waals surface area contributed by atoms with Crippen LogP contribution >= 0.6 is 0 Å². The lowest BCUT2D eigenvalue weighted by Crippen LogP contribution is -2.13. The first-order valence-corrected chi connectivity index (χ1v) is 7.06. The number of rotatable bonds is 8. The van der Waals surface area contributed by atoms with Crippen molar-refractivity contribution in [2.24, 2.45) is 5.92 Å². The molecule has 1 aromatic rings. The van der Waals surface area contributed by atoms with Gasteiger partial charge in [-0.2, -0.15) is 0 Å². The first kappa shape index (κ1) is 14.1. The monoisotopic (exact) mass is 234 g/mol. The average Bonchev–Trinajstić information content (AvgIpc) is 2.39. The van der Waals surface area contributed by atoms with Crippen molar-refractivity contribution in [2.75, 3.05) is 0 Å². The minimum Gasteiger partial charge on any atom is -0.241 e. The molecule has 1 atom stereocenters. The highest BCUT2D eigenvalue weighted by molar-refractivity contribution is 4.97. The SMILES string of the molecule is CCCCC(CCCC)C(C)c1ncccn1. The normalized spacial score (nSPS) is 12.9. The number of hydrogen-bond acceptors (Lipinski definition) is 2. The lowest BCUT2D eigenvalue weighted by atomic mass is 9.84. The van der Waals surface area contributed by atoms with E-state index in [0.29, 0.717) is 5.92 Å². The molecule has 96 valence electrons. The maximum Gasteiger partial charge on any atom is 0.131 e. The van der Waals surface area contributed by atoms with Crippen LogP contribution in [0.1, 0.15) is 71.0 Å². The van der Waals surface area contributed by atoms with Gasteiger partial charge in [0.1, 0.15) is 5.82 Å². The fourth-order valence-electron chi connectivity index (χ4n) is 2.33. The predicted molar refractivity (Wildman–Crippen MR) is 73.0 cm³/mol. The van der Waals surface area contributed by atoms with Gasteiger partial charge in [0.2, 0.25) is 0 Å². The number of aromatic nitrogens is 2. The highest BCUT2D eigenvalue weighted by Gasteiger charge is 2.19. The maximum atomic E-state index is 4.40. The van der Waals surface area contributed by atoms with E-state index in [4.69, 9.17) is 0 Å². The first-order chi connectivity index (χ1) is 8.29. The highest BCUT2D eigenvalue weighted by Crippen LogP contribution is 2.30. The lowest BCUT2D eigenvalue weighted by Gasteiger charge is -2.22. The summed E-state index contributed by atoms with van der Waals surface area (Å²) in [6.45, 7) is 6.81. The van der Waals surface area contributed by atoms with E-state index in [1.54, 1.807) is 0 Å². The second-order valence-electron chi connectivity index (χ2n) is 4.94. The minimum absolute atomic E-state index is 0.495. The van der Waals surface area contributed by atoms with Crippen molar-refractivity contribution in [3.63, 3.8) is 0 Å². The molecule has 0 N–H and O–H groups in total. The maximum absolute atomic E-state index is 4.40. The molecule has 0 spiro atoms. The van der Waals surface area contributed by atoms with E-state index in [9.17, 15) is 0 Å². The Hall–Kier alpha value is -0.920. The molecule has 17 heavy (non-hydrogen) atoms. The Morgan fingerprint density at radius 2 is 1.53 bits per heavy atom. The second-order valence-corrected chi connectivity index (χ2v) is 4.94. The van der Waals surface area contributed by atoms with Gasteiger partial charge in [-0.25, -0.2) is 9.97 Å². The van der Waals surface area contributed by atoms with Gasteiger partial charge in [-0.3, -0.25) is 0 Å². The third-order valence-electron chi connectivity index (χ3n) is 3.56. The van der Waals surface area contributed by atoms with Crippen molar-refractivity contribution < 1.29 is 0 Å². The van der Waals surface area contributed by atoms with E-state index in [2.05, 4.69) is 30.7 Å². The molecule has 1 unspecified atom stereocenters. The second kappa shape index (κ2) is 8.21. The van der Waals surface area contributed by atoms with Crippen LogP contribution in [0.2, 0.25) is 0 Å². The summed E-state index contributed by atoms with van der Waals surface area (Å²) in [5.41, 5.74) is 0. The van der Waals surface area contributed by atoms with Crippen LogP contribution in [0.3, 0.4) is 0 Å². The van der Waals surface area contributed by atoms with Gasteiger partial charge in [-0.1, -0.05) is 46.5 Å². The Bertz CT molecular complexity index is 276. The van der Waals surface area contributed by atoms with Crippen molar-refractivity contribution >= 4 is 0 Å². The molecule has 0 aliphatic carbocycles. The van der Waals surface area contributed by atoms with Gasteiger partial charge in [0.25, 0.3) is 0 Å². The molecule has 0 fully saturated rings. The molecular weight excluding hydrogens is 208 g/mol. The van der Waals surface area contributed by atoms with E-state index in [-0.39, 0.29) is 0 Å². The molecular formula is C15H26N2. The molecule has 0 aromatic carbocycles. The van der Waals surface area contributed by atoms with Crippen molar-refractivity contribution in [1.29, 1.82) is 0 Å². The quantitative estimate of drug-likeness (QED) is 0.658. The zero-order valence-corrected chi connectivity index (χ0v) is 11.5. The van der Waals surface area contributed by atoms with Crippen LogP contribution < -0.4 is 0 Å². The molecule has 1 rings (SSSR count). The molecule has 1 heterocycles. The van der Waals surface area contributed by atoms with Gasteiger partial charge >= 0.3 is 0 Å². The van der Waals surface area contributed by atoms with Gasteiger partial charge < -0.3 is 0 Å². The summed E-state index contributed by atoms with van der Waals surface area (Å²) in [5, 5.41) is 0. The van der Waals surface area contributed by atoms with Crippen LogP contribution in [0.4, 0.5) is 0 Å². The van der Waals surface area contributed by atoms with Crippen LogP contribution in [0.5, 0.6) is 0 Å². The van der Waals surface area contributed by atoms with Crippen molar-refractivity contribution in [3.05, 3.63) is 24.3 Å². The standard InChI is InChI=1S/C15H26N2/c1-4-6-9-14(10-7-5-2)13(3)15-16-11-8-12-17-15/h8,11-14H,4-7,9-10H2,1-3H3. The topological polar surface area (TPSA) is 25.8 Å². The first-order valence-electron chi connectivity index (χ1n) is 7.06. The van der Waals surface area contributed by atoms with E-state index in [1.807, 2.05) is 18.5 Å². The molecule has 0 aliphatic rings. The van der Waals surface area contributed by atoms with Crippen LogP contribution in [0.15, 0.2) is 18.5 Å². The molecule has 0 aliphatic heterocycles. The third kappa shape index (κ3) is 4.84. The summed E-state index contributed by atoms with van der Waals surface area (Å²) in [6.07, 6.45) is 11.6. The Labute approximate surface area is 106 Å². The van der Waals surface area contributed by atoms with Crippen molar-refractivity contribution in [3.8, 4) is 0 Å². The summed E-state index contributed by atoms with van der Waals surface area (Å²) in [5.74, 6) is 2.26. The Balaban J connectivity index is 2.61. The summed E-state index contributed by atoms with van der Waals surface area (Å²) < 4.78 is 0. The van der Waals surface area contributed by atoms with E-state index in [1.165, 1.54) is 38.5 Å². The Morgan fingerprint density at radius 1 is 1.00 bits per heavy atom. The van der Waals surface area contributed by atoms with E-state index < -0.39 is 0 Å². The van der Waals surface area contributed by atoms with Crippen LogP contribution in [0, 0.1) is 5.92 Å². The van der Waals surface area contributed by atoms with Gasteiger partial charge in [0, 0.05) is 18.3 Å². The third-order valence-corrected chi connectivity index (χ3v) is 3.56. The average molecular weight is 234 g/mol. The predicted octanol–water partition coefficient (Wildman–Crippen LogP) is 4.58. The minimum atomic E-state index is 0.495. The molecule has 0 bridgehead atoms. The fraction of sp³-hybridized carbons (Fsp3) is 0.733. The molecule has 0 saturated carbocycles. The number of hydrogen-bond donors (Lipinski definition) is 0. The smallest absolute Gasteiger partial charge is 0.131 e. The molecule has 1 aromatic heterocycles. The van der Waals surface area contributed by atoms with E-state index >= 15 is 0 Å². The van der Waals surface area contributed by atoms with Crippen molar-refractivity contribution in [2.45, 2.75) is 65.2 Å². The summed E-state index contributed by atoms with van der Waals surface area (Å²) >= 11 is 0. The fourth-order valence-corrected chi connectivity index (χ4v) is 2.33. The zero-order chi connectivity index (χ0) is 12.5. The molecule has 0 radical (unpaired) electrons. The molecule has 0 saturated heterocycles. The van der Waals surface area contributed by atoms with Crippen LogP contribution in [-0.2, 0) is 0 Å². The number of unbranched alkanes of at least 4 members (excludes halogenated alkanes) is 2. The lowest BCUT2D eigenvalue weighted by molar-refractivity contribution is 0.355. The summed E-state index contributed by atoms with van der Waals surface area (Å²) in [6, 6.07) is 1.89. The Morgan fingerprint density at radius 3 is 2.00 bits per heavy atom. The van der Waals surface area contributed by atoms with Gasteiger partial charge in [-0.15, -0.1) is 0 Å². The van der Waals surface area contributed by atoms with Gasteiger partial charge in [0.05, 0.1) is 0 Å². The summed E-state index contributed by atoms with van der Waals surface area (Å²) in [4.78, 5) is 8.81. The molecule has 2 nitrogen and oxygen atoms in total. The highest BCUT2D eigenvalue weighted by atomic mass is 14.9. The largest absolute Gasteiger partial charge is 0.241 e. The molecule has 0 amide bonds. The number of nitrogens with zero attached hydrogens (tertiary/aromatic N) is 2. The summed E-state index contributed by atoms with van der Waals surface area (Å²) in [7, 11) is 0. The van der Waals surface area contributed by atoms with Crippen molar-refractivity contribution in [1.82, 2.24) is 9.97 Å². The van der Waals surface area contributed by atoms with Gasteiger partial charge in [-0.05, 0) is 24.8 Å². The zero-order valence-electron chi connectivity index (χ0n) is 11.5. The molecule has 2 heteroatoms. The Kier molecular flexibility index (Phi) is 6.83. The van der Waals surface area contributed by atoms with Gasteiger partial charge in [0.15, 0.2) is 0 Å². The van der Waals surface area contributed by atoms with Crippen LogP contribution in [0.25, 0.3) is 0 Å².